The van der Waals surface area contributed by atoms with Crippen molar-refractivity contribution in [2.45, 2.75) is 6.54 Å². The smallest absolute Gasteiger partial charge is 0.241 e. The van der Waals surface area contributed by atoms with E-state index in [-0.39, 0.29) is 24.9 Å². The lowest BCUT2D eigenvalue weighted by atomic mass is 10.2. The van der Waals surface area contributed by atoms with Gasteiger partial charge in [-0.25, -0.2) is 0 Å². The standard InChI is InChI=1S/C15H23N3O3/c1-17(2)15(20)9-16-14(19)11-18(3)10-12-6-5-7-13(8-12)21-4/h5-8H,9-11H2,1-4H3,(H,16,19). The summed E-state index contributed by atoms with van der Waals surface area (Å²) in [7, 11) is 6.79. The molecule has 0 heterocycles. The van der Waals surface area contributed by atoms with Gasteiger partial charge in [0.25, 0.3) is 0 Å². The summed E-state index contributed by atoms with van der Waals surface area (Å²) in [5.74, 6) is 0.497. The highest BCUT2D eigenvalue weighted by molar-refractivity contribution is 5.85. The lowest BCUT2D eigenvalue weighted by Gasteiger charge is -2.17. The van der Waals surface area contributed by atoms with Crippen LogP contribution in [0.25, 0.3) is 0 Å². The van der Waals surface area contributed by atoms with E-state index in [9.17, 15) is 9.59 Å². The second-order valence-corrected chi connectivity index (χ2v) is 5.09. The molecule has 2 amide bonds. The molecule has 0 radical (unpaired) electrons. The zero-order valence-electron chi connectivity index (χ0n) is 13.0. The molecule has 0 saturated carbocycles. The first-order valence-corrected chi connectivity index (χ1v) is 6.70. The number of ether oxygens (including phenoxy) is 1. The average Bonchev–Trinajstić information content (AvgIpc) is 2.44. The average molecular weight is 293 g/mol. The number of rotatable bonds is 7. The quantitative estimate of drug-likeness (QED) is 0.787. The van der Waals surface area contributed by atoms with Gasteiger partial charge in [0.15, 0.2) is 0 Å². The summed E-state index contributed by atoms with van der Waals surface area (Å²) in [5.41, 5.74) is 1.06. The summed E-state index contributed by atoms with van der Waals surface area (Å²) in [6.07, 6.45) is 0. The van der Waals surface area contributed by atoms with Crippen molar-refractivity contribution in [3.05, 3.63) is 29.8 Å². The van der Waals surface area contributed by atoms with E-state index < -0.39 is 0 Å². The molecule has 0 aromatic heterocycles. The number of amides is 2. The van der Waals surface area contributed by atoms with Crippen molar-refractivity contribution in [3.8, 4) is 5.75 Å². The zero-order valence-corrected chi connectivity index (χ0v) is 13.0. The summed E-state index contributed by atoms with van der Waals surface area (Å²) in [6, 6.07) is 7.71. The summed E-state index contributed by atoms with van der Waals surface area (Å²) < 4.78 is 5.16. The SMILES string of the molecule is COc1cccc(CN(C)CC(=O)NCC(=O)N(C)C)c1. The third kappa shape index (κ3) is 6.27. The third-order valence-corrected chi connectivity index (χ3v) is 2.94. The summed E-state index contributed by atoms with van der Waals surface area (Å²) >= 11 is 0. The molecule has 116 valence electrons. The molecule has 0 atom stereocenters. The molecule has 0 aliphatic rings. The Hall–Kier alpha value is -2.08. The molecule has 1 rings (SSSR count). The van der Waals surface area contributed by atoms with Crippen LogP contribution in [0.5, 0.6) is 5.75 Å². The Morgan fingerprint density at radius 2 is 1.95 bits per heavy atom. The highest BCUT2D eigenvalue weighted by Crippen LogP contribution is 2.13. The van der Waals surface area contributed by atoms with Crippen molar-refractivity contribution in [2.24, 2.45) is 0 Å². The van der Waals surface area contributed by atoms with Gasteiger partial charge >= 0.3 is 0 Å². The number of methoxy groups -OCH3 is 1. The maximum Gasteiger partial charge on any atom is 0.241 e. The fourth-order valence-electron chi connectivity index (χ4n) is 1.77. The van der Waals surface area contributed by atoms with Gasteiger partial charge in [0, 0.05) is 20.6 Å². The van der Waals surface area contributed by atoms with Gasteiger partial charge in [-0.05, 0) is 24.7 Å². The zero-order chi connectivity index (χ0) is 15.8. The molecular formula is C15H23N3O3. The molecule has 0 fully saturated rings. The molecule has 0 unspecified atom stereocenters. The van der Waals surface area contributed by atoms with Crippen molar-refractivity contribution in [1.29, 1.82) is 0 Å². The molecule has 1 N–H and O–H groups in total. The van der Waals surface area contributed by atoms with Crippen LogP contribution in [0.4, 0.5) is 0 Å². The van der Waals surface area contributed by atoms with E-state index in [1.165, 1.54) is 4.90 Å². The molecule has 6 nitrogen and oxygen atoms in total. The Bertz CT molecular complexity index is 489. The molecule has 0 bridgehead atoms. The van der Waals surface area contributed by atoms with Gasteiger partial charge in [0.1, 0.15) is 5.75 Å². The molecule has 1 aromatic carbocycles. The van der Waals surface area contributed by atoms with Crippen LogP contribution in [0.3, 0.4) is 0 Å². The summed E-state index contributed by atoms with van der Waals surface area (Å²) in [5, 5.41) is 2.61. The van der Waals surface area contributed by atoms with Crippen molar-refractivity contribution in [3.63, 3.8) is 0 Å². The molecule has 6 heteroatoms. The van der Waals surface area contributed by atoms with E-state index in [0.29, 0.717) is 6.54 Å². The summed E-state index contributed by atoms with van der Waals surface area (Å²) in [4.78, 5) is 26.4. The number of benzene rings is 1. The number of nitrogens with zero attached hydrogens (tertiary/aromatic N) is 2. The number of nitrogens with one attached hydrogen (secondary N) is 1. The lowest BCUT2D eigenvalue weighted by Crippen LogP contribution is -2.40. The van der Waals surface area contributed by atoms with Gasteiger partial charge in [-0.15, -0.1) is 0 Å². The van der Waals surface area contributed by atoms with E-state index >= 15 is 0 Å². The molecule has 1 aromatic rings. The van der Waals surface area contributed by atoms with Gasteiger partial charge in [0.2, 0.25) is 11.8 Å². The minimum Gasteiger partial charge on any atom is -0.497 e. The van der Waals surface area contributed by atoms with Crippen LogP contribution in [-0.4, -0.2) is 63.0 Å². The van der Waals surface area contributed by atoms with Gasteiger partial charge in [0.05, 0.1) is 20.2 Å². The predicted octanol–water partition coefficient (Wildman–Crippen LogP) is 0.331. The van der Waals surface area contributed by atoms with Crippen molar-refractivity contribution in [2.75, 3.05) is 41.3 Å². The fraction of sp³-hybridized carbons (Fsp3) is 0.467. The Kier molecular flexibility index (Phi) is 6.68. The Labute approximate surface area is 125 Å². The monoisotopic (exact) mass is 293 g/mol. The second kappa shape index (κ2) is 8.26. The summed E-state index contributed by atoms with van der Waals surface area (Å²) in [6.45, 7) is 0.892. The van der Waals surface area contributed by atoms with Gasteiger partial charge in [-0.2, -0.15) is 0 Å². The van der Waals surface area contributed by atoms with Gasteiger partial charge < -0.3 is 15.0 Å². The highest BCUT2D eigenvalue weighted by atomic mass is 16.5. The minimum absolute atomic E-state index is 0.0266. The first-order chi connectivity index (χ1) is 9.92. The Balaban J connectivity index is 2.40. The van der Waals surface area contributed by atoms with Crippen LogP contribution in [0.2, 0.25) is 0 Å². The Morgan fingerprint density at radius 1 is 1.24 bits per heavy atom. The van der Waals surface area contributed by atoms with Crippen LogP contribution >= 0.6 is 0 Å². The molecule has 0 spiro atoms. The van der Waals surface area contributed by atoms with E-state index in [1.54, 1.807) is 21.2 Å². The topological polar surface area (TPSA) is 61.9 Å². The molecule has 0 aliphatic heterocycles. The Morgan fingerprint density at radius 3 is 2.57 bits per heavy atom. The van der Waals surface area contributed by atoms with E-state index in [1.807, 2.05) is 36.2 Å². The van der Waals surface area contributed by atoms with Crippen LogP contribution in [0.15, 0.2) is 24.3 Å². The first-order valence-electron chi connectivity index (χ1n) is 6.70. The number of hydrogen-bond acceptors (Lipinski definition) is 4. The van der Waals surface area contributed by atoms with Crippen LogP contribution in [0, 0.1) is 0 Å². The number of hydrogen-bond donors (Lipinski definition) is 1. The molecular weight excluding hydrogens is 270 g/mol. The normalized spacial score (nSPS) is 10.3. The van der Waals surface area contributed by atoms with Crippen molar-refractivity contribution < 1.29 is 14.3 Å². The maximum atomic E-state index is 11.7. The second-order valence-electron chi connectivity index (χ2n) is 5.09. The largest absolute Gasteiger partial charge is 0.497 e. The molecule has 21 heavy (non-hydrogen) atoms. The molecule has 0 saturated heterocycles. The predicted molar refractivity (Wildman–Crippen MR) is 81.0 cm³/mol. The number of carbonyl (C=O) groups is 2. The minimum atomic E-state index is -0.171. The van der Waals surface area contributed by atoms with Crippen LogP contribution in [0.1, 0.15) is 5.56 Å². The van der Waals surface area contributed by atoms with Crippen LogP contribution < -0.4 is 10.1 Å². The lowest BCUT2D eigenvalue weighted by molar-refractivity contribution is -0.131. The third-order valence-electron chi connectivity index (χ3n) is 2.94. The van der Waals surface area contributed by atoms with Crippen molar-refractivity contribution >= 4 is 11.8 Å². The van der Waals surface area contributed by atoms with Crippen LogP contribution in [-0.2, 0) is 16.1 Å². The van der Waals surface area contributed by atoms with E-state index in [0.717, 1.165) is 11.3 Å². The highest BCUT2D eigenvalue weighted by Gasteiger charge is 2.10. The van der Waals surface area contributed by atoms with E-state index in [2.05, 4.69) is 5.32 Å². The van der Waals surface area contributed by atoms with Crippen molar-refractivity contribution in [1.82, 2.24) is 15.1 Å². The number of likely N-dealkylation sites (N-methyl/N-ethyl adjacent to an activating group) is 2. The maximum absolute atomic E-state index is 11.7. The first kappa shape index (κ1) is 17.0. The van der Waals surface area contributed by atoms with Gasteiger partial charge in [-0.1, -0.05) is 12.1 Å². The molecule has 0 aliphatic carbocycles. The van der Waals surface area contributed by atoms with E-state index in [4.69, 9.17) is 4.74 Å². The van der Waals surface area contributed by atoms with Gasteiger partial charge in [-0.3, -0.25) is 14.5 Å². The fourth-order valence-corrected chi connectivity index (χ4v) is 1.77. The number of carbonyl (C=O) groups excluding carboxylic acids is 2.